The average molecular weight is 506 g/mol. The third-order valence-corrected chi connectivity index (χ3v) is 5.62. The molecule has 7 nitrogen and oxygen atoms in total. The Labute approximate surface area is 218 Å². The summed E-state index contributed by atoms with van der Waals surface area (Å²) in [7, 11) is 2.90. The average Bonchev–Trinajstić information content (AvgIpc) is 2.89. The Morgan fingerprint density at radius 3 is 2.11 bits per heavy atom. The zero-order valence-electron chi connectivity index (χ0n) is 22.1. The van der Waals surface area contributed by atoms with Crippen molar-refractivity contribution >= 4 is 12.1 Å². The van der Waals surface area contributed by atoms with Gasteiger partial charge < -0.3 is 18.9 Å². The Hall–Kier alpha value is -4.00. The van der Waals surface area contributed by atoms with Crippen LogP contribution in [0.2, 0.25) is 0 Å². The van der Waals surface area contributed by atoms with Crippen LogP contribution in [0.25, 0.3) is 0 Å². The van der Waals surface area contributed by atoms with Crippen molar-refractivity contribution in [1.29, 1.82) is 0 Å². The van der Waals surface area contributed by atoms with Crippen LogP contribution < -0.4 is 9.47 Å². The third-order valence-electron chi connectivity index (χ3n) is 5.62. The van der Waals surface area contributed by atoms with Crippen molar-refractivity contribution in [2.45, 2.75) is 52.0 Å². The number of methoxy groups -OCH3 is 2. The highest BCUT2D eigenvalue weighted by Gasteiger charge is 2.34. The van der Waals surface area contributed by atoms with Crippen LogP contribution in [0.15, 0.2) is 78.9 Å². The fraction of sp³-hybridized carbons (Fsp3) is 0.333. The van der Waals surface area contributed by atoms with Gasteiger partial charge in [-0.25, -0.2) is 9.59 Å². The Bertz CT molecular complexity index is 1150. The van der Waals surface area contributed by atoms with E-state index in [9.17, 15) is 9.59 Å². The first-order valence-corrected chi connectivity index (χ1v) is 12.1. The highest BCUT2D eigenvalue weighted by molar-refractivity contribution is 5.82. The Morgan fingerprint density at radius 1 is 0.838 bits per heavy atom. The molecule has 0 spiro atoms. The lowest BCUT2D eigenvalue weighted by atomic mass is 10.0. The highest BCUT2D eigenvalue weighted by Crippen LogP contribution is 2.25. The molecule has 1 amide bonds. The number of ether oxygens (including phenoxy) is 4. The summed E-state index contributed by atoms with van der Waals surface area (Å²) in [5.74, 6) is 0.782. The van der Waals surface area contributed by atoms with Gasteiger partial charge in [0.15, 0.2) is 0 Å². The quantitative estimate of drug-likeness (QED) is 0.325. The minimum absolute atomic E-state index is 0.0931. The van der Waals surface area contributed by atoms with E-state index in [0.717, 1.165) is 16.7 Å². The molecule has 3 aromatic carbocycles. The number of carbonyl (C=O) groups is 2. The van der Waals surface area contributed by atoms with E-state index in [1.807, 2.05) is 78.9 Å². The van der Waals surface area contributed by atoms with Gasteiger partial charge in [0.25, 0.3) is 0 Å². The number of amides is 1. The molecule has 0 saturated carbocycles. The van der Waals surface area contributed by atoms with Gasteiger partial charge >= 0.3 is 12.1 Å². The third kappa shape index (κ3) is 8.27. The smallest absolute Gasteiger partial charge is 0.411 e. The SMILES string of the molecule is COC(=O)[C@H](Cc1ccc(OC)cc1)N(Cc1ccccc1OCc1ccccc1)C(=O)OC(C)(C)C. The molecule has 0 saturated heterocycles. The zero-order chi connectivity index (χ0) is 26.8. The molecule has 0 aliphatic rings. The maximum Gasteiger partial charge on any atom is 0.411 e. The molecule has 0 heterocycles. The van der Waals surface area contributed by atoms with Gasteiger partial charge in [0, 0.05) is 12.0 Å². The summed E-state index contributed by atoms with van der Waals surface area (Å²) in [4.78, 5) is 27.9. The zero-order valence-corrected chi connectivity index (χ0v) is 22.1. The van der Waals surface area contributed by atoms with Gasteiger partial charge in [-0.15, -0.1) is 0 Å². The fourth-order valence-corrected chi connectivity index (χ4v) is 3.76. The van der Waals surface area contributed by atoms with Crippen LogP contribution in [0, 0.1) is 0 Å². The van der Waals surface area contributed by atoms with E-state index in [1.165, 1.54) is 12.0 Å². The first-order chi connectivity index (χ1) is 17.7. The van der Waals surface area contributed by atoms with Gasteiger partial charge in [-0.3, -0.25) is 4.90 Å². The lowest BCUT2D eigenvalue weighted by molar-refractivity contribution is -0.147. The molecule has 3 rings (SSSR count). The minimum atomic E-state index is -0.921. The van der Waals surface area contributed by atoms with Crippen molar-refractivity contribution in [3.05, 3.63) is 95.6 Å². The molecule has 0 N–H and O–H groups in total. The molecular formula is C30H35NO6. The molecule has 0 radical (unpaired) electrons. The predicted molar refractivity (Wildman–Crippen MR) is 141 cm³/mol. The largest absolute Gasteiger partial charge is 0.497 e. The topological polar surface area (TPSA) is 74.3 Å². The van der Waals surface area contributed by atoms with E-state index in [-0.39, 0.29) is 13.0 Å². The molecule has 3 aromatic rings. The number of hydrogen-bond acceptors (Lipinski definition) is 6. The fourth-order valence-electron chi connectivity index (χ4n) is 3.76. The molecule has 37 heavy (non-hydrogen) atoms. The van der Waals surface area contributed by atoms with Gasteiger partial charge in [-0.05, 0) is 50.1 Å². The Kier molecular flexibility index (Phi) is 9.55. The molecule has 0 aliphatic carbocycles. The minimum Gasteiger partial charge on any atom is -0.497 e. The molecule has 0 fully saturated rings. The van der Waals surface area contributed by atoms with Crippen LogP contribution in [0.4, 0.5) is 4.79 Å². The lowest BCUT2D eigenvalue weighted by Gasteiger charge is -2.32. The number of rotatable bonds is 10. The number of benzene rings is 3. The first kappa shape index (κ1) is 27.6. The van der Waals surface area contributed by atoms with Gasteiger partial charge in [0.2, 0.25) is 0 Å². The van der Waals surface area contributed by atoms with E-state index in [1.54, 1.807) is 27.9 Å². The maximum atomic E-state index is 13.4. The normalized spacial score (nSPS) is 11.8. The van der Waals surface area contributed by atoms with Crippen LogP contribution in [-0.2, 0) is 33.8 Å². The van der Waals surface area contributed by atoms with Crippen molar-refractivity contribution in [2.24, 2.45) is 0 Å². The number of esters is 1. The Morgan fingerprint density at radius 2 is 1.49 bits per heavy atom. The van der Waals surface area contributed by atoms with Crippen molar-refractivity contribution in [3.8, 4) is 11.5 Å². The first-order valence-electron chi connectivity index (χ1n) is 12.1. The van der Waals surface area contributed by atoms with Crippen LogP contribution in [0.1, 0.15) is 37.5 Å². The monoisotopic (exact) mass is 505 g/mol. The number of carbonyl (C=O) groups excluding carboxylic acids is 2. The van der Waals surface area contributed by atoms with Crippen LogP contribution >= 0.6 is 0 Å². The molecule has 1 atom stereocenters. The predicted octanol–water partition coefficient (Wildman–Crippen LogP) is 5.80. The summed E-state index contributed by atoms with van der Waals surface area (Å²) in [5, 5.41) is 0. The summed E-state index contributed by atoms with van der Waals surface area (Å²) < 4.78 is 22.2. The van der Waals surface area contributed by atoms with E-state index < -0.39 is 23.7 Å². The summed E-state index contributed by atoms with van der Waals surface area (Å²) >= 11 is 0. The van der Waals surface area contributed by atoms with Crippen molar-refractivity contribution in [3.63, 3.8) is 0 Å². The number of hydrogen-bond donors (Lipinski definition) is 0. The highest BCUT2D eigenvalue weighted by atomic mass is 16.6. The molecule has 0 bridgehead atoms. The maximum absolute atomic E-state index is 13.4. The van der Waals surface area contributed by atoms with Crippen LogP contribution in [0.3, 0.4) is 0 Å². The molecule has 196 valence electrons. The van der Waals surface area contributed by atoms with Gasteiger partial charge in [-0.1, -0.05) is 60.7 Å². The van der Waals surface area contributed by atoms with E-state index in [0.29, 0.717) is 18.1 Å². The van der Waals surface area contributed by atoms with Crippen molar-refractivity contribution in [1.82, 2.24) is 4.90 Å². The second kappa shape index (κ2) is 12.8. The number of para-hydroxylation sites is 1. The Balaban J connectivity index is 1.92. The summed E-state index contributed by atoms with van der Waals surface area (Å²) in [6.45, 7) is 5.83. The van der Waals surface area contributed by atoms with Gasteiger partial charge in [-0.2, -0.15) is 0 Å². The number of nitrogens with zero attached hydrogens (tertiary/aromatic N) is 1. The lowest BCUT2D eigenvalue weighted by Crippen LogP contribution is -2.48. The summed E-state index contributed by atoms with van der Waals surface area (Å²) in [6, 6.07) is 23.7. The second-order valence-corrected chi connectivity index (χ2v) is 9.58. The second-order valence-electron chi connectivity index (χ2n) is 9.58. The van der Waals surface area contributed by atoms with E-state index in [4.69, 9.17) is 18.9 Å². The summed E-state index contributed by atoms with van der Waals surface area (Å²) in [5.41, 5.74) is 1.86. The van der Waals surface area contributed by atoms with E-state index >= 15 is 0 Å². The summed E-state index contributed by atoms with van der Waals surface area (Å²) in [6.07, 6.45) is -0.377. The standard InChI is InChI=1S/C30H35NO6/c1-30(2,3)37-29(33)31(26(28(32)35-5)19-22-15-17-25(34-4)18-16-22)20-24-13-9-10-14-27(24)36-21-23-11-7-6-8-12-23/h6-18,26H,19-21H2,1-5H3/t26-/m0/s1. The van der Waals surface area contributed by atoms with Crippen molar-refractivity contribution in [2.75, 3.05) is 14.2 Å². The van der Waals surface area contributed by atoms with Crippen LogP contribution in [-0.4, -0.2) is 42.8 Å². The van der Waals surface area contributed by atoms with E-state index in [2.05, 4.69) is 0 Å². The van der Waals surface area contributed by atoms with Crippen LogP contribution in [0.5, 0.6) is 11.5 Å². The van der Waals surface area contributed by atoms with Gasteiger partial charge in [0.05, 0.1) is 20.8 Å². The molecular weight excluding hydrogens is 470 g/mol. The molecule has 7 heteroatoms. The molecule has 0 aliphatic heterocycles. The molecule has 0 aromatic heterocycles. The molecule has 0 unspecified atom stereocenters. The van der Waals surface area contributed by atoms with Gasteiger partial charge in [0.1, 0.15) is 29.7 Å². The van der Waals surface area contributed by atoms with Crippen molar-refractivity contribution < 1.29 is 28.5 Å².